The molecule has 0 fully saturated rings. The van der Waals surface area contributed by atoms with E-state index >= 15 is 0 Å². The molecule has 0 saturated carbocycles. The number of nitrogens with one attached hydrogen (secondary N) is 8. The van der Waals surface area contributed by atoms with E-state index in [9.17, 15) is 28.8 Å². The summed E-state index contributed by atoms with van der Waals surface area (Å²) in [5.74, 6) is 0.0222. The predicted molar refractivity (Wildman–Crippen MR) is 268 cm³/mol. The molecule has 0 spiro atoms. The molecule has 1 aromatic rings. The highest BCUT2D eigenvalue weighted by atomic mass is 28.5. The fourth-order valence-corrected chi connectivity index (χ4v) is 22.0. The van der Waals surface area contributed by atoms with Crippen LogP contribution in [0.15, 0.2) is 23.5 Å². The van der Waals surface area contributed by atoms with Gasteiger partial charge in [0, 0.05) is 57.1 Å². The molecular formula is C44H85N9O10Si3. The van der Waals surface area contributed by atoms with E-state index in [1.54, 1.807) is 6.92 Å². The summed E-state index contributed by atoms with van der Waals surface area (Å²) in [5.41, 5.74) is -0.0766. The third-order valence-corrected chi connectivity index (χ3v) is 22.0. The van der Waals surface area contributed by atoms with Crippen molar-refractivity contribution in [2.45, 2.75) is 138 Å². The summed E-state index contributed by atoms with van der Waals surface area (Å²) in [6.07, 6.45) is 5.32. The second kappa shape index (κ2) is 28.8. The van der Waals surface area contributed by atoms with Gasteiger partial charge in [-0.15, -0.1) is 0 Å². The van der Waals surface area contributed by atoms with E-state index in [1.165, 1.54) is 6.07 Å². The zero-order chi connectivity index (χ0) is 50.2. The molecule has 1 rings (SSSR count). The molecule has 0 aromatic carbocycles. The van der Waals surface area contributed by atoms with Crippen LogP contribution in [0.2, 0.25) is 51.4 Å². The molecule has 0 aliphatic carbocycles. The summed E-state index contributed by atoms with van der Waals surface area (Å²) in [4.78, 5) is 78.7. The third kappa shape index (κ3) is 30.1. The largest absolute Gasteiger partial charge is 0.459 e. The molecule has 7 amide bonds. The Morgan fingerprint density at radius 2 is 1.27 bits per heavy atom. The van der Waals surface area contributed by atoms with Crippen LogP contribution in [0, 0.1) is 29.6 Å². The van der Waals surface area contributed by atoms with Crippen molar-refractivity contribution in [1.29, 1.82) is 0 Å². The van der Waals surface area contributed by atoms with Gasteiger partial charge in [-0.05, 0) is 119 Å². The highest BCUT2D eigenvalue weighted by Gasteiger charge is 2.39. The van der Waals surface area contributed by atoms with Crippen molar-refractivity contribution in [3.63, 3.8) is 0 Å². The number of esters is 1. The molecule has 19 nitrogen and oxygen atoms in total. The van der Waals surface area contributed by atoms with Crippen molar-refractivity contribution in [2.24, 2.45) is 22.7 Å². The minimum atomic E-state index is -2.44. The van der Waals surface area contributed by atoms with Gasteiger partial charge in [0.1, 0.15) is 13.2 Å². The highest BCUT2D eigenvalue weighted by molar-refractivity contribution is 6.87. The van der Waals surface area contributed by atoms with Crippen LogP contribution < -0.4 is 42.8 Å². The molecule has 2 unspecified atom stereocenters. The van der Waals surface area contributed by atoms with Gasteiger partial charge in [-0.2, -0.15) is 0 Å². The lowest BCUT2D eigenvalue weighted by molar-refractivity contribution is -0.138. The van der Waals surface area contributed by atoms with E-state index in [1.807, 2.05) is 0 Å². The maximum atomic E-state index is 12.6. The molecule has 66 heavy (non-hydrogen) atoms. The van der Waals surface area contributed by atoms with Gasteiger partial charge in [0.25, 0.3) is 5.56 Å². The van der Waals surface area contributed by atoms with Crippen molar-refractivity contribution in [3.05, 3.63) is 34.8 Å². The van der Waals surface area contributed by atoms with Gasteiger partial charge in [-0.1, -0.05) is 48.1 Å². The summed E-state index contributed by atoms with van der Waals surface area (Å²) < 4.78 is 23.3. The number of alkyl carbamates (subject to hydrolysis) is 1. The number of H-pyrrole nitrogens is 1. The Kier molecular flexibility index (Phi) is 26.1. The normalized spacial score (nSPS) is 13.1. The third-order valence-electron chi connectivity index (χ3n) is 10.5. The molecular weight excluding hydrogens is 899 g/mol. The first-order chi connectivity index (χ1) is 30.5. The molecule has 8 N–H and O–H groups in total. The number of rotatable bonds is 31. The quantitative estimate of drug-likeness (QED) is 0.0162. The SMILES string of the molecule is C=CC(=O)OCCOC(=O)NCC(C)(C)CC(C)CCNC(=O)NCCC[Si](C)(C)O[Si](C)(C)O[Si](C)(C)CCCNC(=O)NCCC(C)(C)CC(C)CNC(=O)Nc1nc(C)cc(=O)[nH]1. The number of hydrogen-bond acceptors (Lipinski definition) is 11. The zero-order valence-corrected chi connectivity index (χ0v) is 45.4. The first kappa shape index (κ1) is 59.8. The van der Waals surface area contributed by atoms with E-state index in [4.69, 9.17) is 17.7 Å². The number of hydrogen-bond donors (Lipinski definition) is 8. The van der Waals surface area contributed by atoms with Gasteiger partial charge in [-0.25, -0.2) is 29.0 Å². The summed E-state index contributed by atoms with van der Waals surface area (Å²) >= 11 is 0. The second-order valence-corrected chi connectivity index (χ2v) is 33.1. The molecule has 2 atom stereocenters. The molecule has 1 aromatic heterocycles. The number of aryl methyl sites for hydroxylation is 1. The Morgan fingerprint density at radius 3 is 1.83 bits per heavy atom. The van der Waals surface area contributed by atoms with Crippen LogP contribution >= 0.6 is 0 Å². The van der Waals surface area contributed by atoms with E-state index in [0.717, 1.165) is 56.7 Å². The monoisotopic (exact) mass is 984 g/mol. The topological polar surface area (TPSA) is 252 Å². The number of carbonyl (C=O) groups is 5. The van der Waals surface area contributed by atoms with Gasteiger partial charge in [0.15, 0.2) is 16.6 Å². The van der Waals surface area contributed by atoms with Crippen LogP contribution in [0.4, 0.5) is 25.1 Å². The summed E-state index contributed by atoms with van der Waals surface area (Å²) in [6, 6.07) is 2.29. The molecule has 0 radical (unpaired) electrons. The number of aromatic amines is 1. The number of ether oxygens (including phenoxy) is 2. The standard InChI is InChI=1S/C44H85N9O10Si3/c1-15-37(55)60-24-25-61-42(59)50-32-44(7,8)29-33(2)18-22-47-39(56)45-20-16-26-64(9,10)62-66(13,14)63-65(11,12)27-17-21-46-40(57)48-23-19-43(5,6)30-34(3)31-49-41(58)53-38-51-35(4)28-36(54)52-38/h15,28,33-34H,1,16-27,29-32H2,2-14H3,(H,50,59)(H2,45,47,56)(H2,46,48,57)(H3,49,51,52,53,54,58). The fraction of sp³-hybridized carbons (Fsp3) is 0.750. The lowest BCUT2D eigenvalue weighted by atomic mass is 9.80. The Morgan fingerprint density at radius 1 is 0.742 bits per heavy atom. The average molecular weight is 984 g/mol. The Labute approximate surface area is 397 Å². The van der Waals surface area contributed by atoms with Gasteiger partial charge in [0.2, 0.25) is 5.95 Å². The molecule has 0 saturated heterocycles. The van der Waals surface area contributed by atoms with Gasteiger partial charge in [-0.3, -0.25) is 15.1 Å². The number of urea groups is 3. The summed E-state index contributed by atoms with van der Waals surface area (Å²) in [7, 11) is -6.61. The number of amides is 7. The molecule has 22 heteroatoms. The molecule has 378 valence electrons. The van der Waals surface area contributed by atoms with Crippen molar-refractivity contribution in [2.75, 3.05) is 57.8 Å². The lowest BCUT2D eigenvalue weighted by Gasteiger charge is -2.38. The maximum Gasteiger partial charge on any atom is 0.407 e. The van der Waals surface area contributed by atoms with Crippen LogP contribution in [-0.2, 0) is 22.5 Å². The smallest absolute Gasteiger partial charge is 0.407 e. The number of carbonyl (C=O) groups excluding carboxylic acids is 5. The van der Waals surface area contributed by atoms with Gasteiger partial charge >= 0.3 is 38.7 Å². The Hall–Kier alpha value is -4.26. The van der Waals surface area contributed by atoms with Crippen molar-refractivity contribution in [3.8, 4) is 0 Å². The molecule has 1 heterocycles. The van der Waals surface area contributed by atoms with Gasteiger partial charge < -0.3 is 49.6 Å². The Bertz CT molecular complexity index is 1760. The predicted octanol–water partition coefficient (Wildman–Crippen LogP) is 7.06. The van der Waals surface area contributed by atoms with Crippen LogP contribution in [0.1, 0.15) is 85.8 Å². The maximum absolute atomic E-state index is 12.6. The van der Waals surface area contributed by atoms with E-state index in [2.05, 4.69) is 135 Å². The van der Waals surface area contributed by atoms with Crippen LogP contribution in [0.3, 0.4) is 0 Å². The minimum absolute atomic E-state index is 0.0341. The lowest BCUT2D eigenvalue weighted by Crippen LogP contribution is -2.52. The average Bonchev–Trinajstić information content (AvgIpc) is 3.16. The van der Waals surface area contributed by atoms with Crippen LogP contribution in [-0.4, -0.2) is 118 Å². The number of aromatic nitrogens is 2. The minimum Gasteiger partial charge on any atom is -0.459 e. The summed E-state index contributed by atoms with van der Waals surface area (Å²) in [5, 5.41) is 20.0. The number of nitrogens with zero attached hydrogens (tertiary/aromatic N) is 1. The number of anilines is 1. The molecule has 0 aliphatic rings. The van der Waals surface area contributed by atoms with E-state index < -0.39 is 43.3 Å². The van der Waals surface area contributed by atoms with Crippen molar-refractivity contribution >= 4 is 61.3 Å². The van der Waals surface area contributed by atoms with Crippen LogP contribution in [0.5, 0.6) is 0 Å². The summed E-state index contributed by atoms with van der Waals surface area (Å²) in [6.45, 7) is 33.6. The Balaban J connectivity index is 2.27. The van der Waals surface area contributed by atoms with Gasteiger partial charge in [0.05, 0.1) is 0 Å². The van der Waals surface area contributed by atoms with Crippen LogP contribution in [0.25, 0.3) is 0 Å². The zero-order valence-electron chi connectivity index (χ0n) is 42.4. The molecule has 0 bridgehead atoms. The van der Waals surface area contributed by atoms with E-state index in [0.29, 0.717) is 50.9 Å². The first-order valence-electron chi connectivity index (χ1n) is 23.3. The first-order valence-corrected chi connectivity index (χ1v) is 32.3. The van der Waals surface area contributed by atoms with Crippen molar-refractivity contribution in [1.82, 2.24) is 41.9 Å². The molecule has 0 aliphatic heterocycles. The fourth-order valence-electron chi connectivity index (χ4n) is 7.95. The second-order valence-electron chi connectivity index (χ2n) is 20.6. The highest BCUT2D eigenvalue weighted by Crippen LogP contribution is 2.29. The van der Waals surface area contributed by atoms with Crippen molar-refractivity contribution < 1.29 is 41.7 Å². The van der Waals surface area contributed by atoms with E-state index in [-0.39, 0.29) is 53.5 Å².